The zero-order chi connectivity index (χ0) is 14.4. The molecule has 7 nitrogen and oxygen atoms in total. The molecule has 0 aromatic heterocycles. The van der Waals surface area contributed by atoms with Gasteiger partial charge in [0, 0.05) is 13.0 Å². The second-order valence-electron chi connectivity index (χ2n) is 4.98. The Labute approximate surface area is 110 Å². The van der Waals surface area contributed by atoms with Crippen molar-refractivity contribution >= 4 is 17.7 Å². The average molecular weight is 265 g/mol. The lowest BCUT2D eigenvalue weighted by Gasteiger charge is -2.34. The fourth-order valence-corrected chi connectivity index (χ4v) is 3.29. The number of amides is 3. The molecule has 0 bridgehead atoms. The van der Waals surface area contributed by atoms with E-state index >= 15 is 0 Å². The largest absolute Gasteiger partial charge is 0.359 e. The van der Waals surface area contributed by atoms with Crippen molar-refractivity contribution in [1.29, 1.82) is 5.26 Å². The molecule has 0 aromatic carbocycles. The van der Waals surface area contributed by atoms with Crippen LogP contribution in [0.15, 0.2) is 0 Å². The lowest BCUT2D eigenvalue weighted by molar-refractivity contribution is -0.143. The highest BCUT2D eigenvalue weighted by molar-refractivity contribution is 6.20. The highest BCUT2D eigenvalue weighted by Gasteiger charge is 2.72. The molecule has 2 rings (SSSR count). The molecule has 7 heteroatoms. The minimum atomic E-state index is -1.69. The molecule has 0 aromatic rings. The SMILES string of the molecule is CCC1C(C)(OC)NC(=O)C12C(=O)NC(=O)C2C#N. The molecule has 2 aliphatic rings. The van der Waals surface area contributed by atoms with Crippen LogP contribution < -0.4 is 10.6 Å². The summed E-state index contributed by atoms with van der Waals surface area (Å²) in [6.07, 6.45) is 0.419. The van der Waals surface area contributed by atoms with Crippen LogP contribution in [-0.4, -0.2) is 30.6 Å². The Morgan fingerprint density at radius 2 is 2.00 bits per heavy atom. The molecule has 19 heavy (non-hydrogen) atoms. The second-order valence-corrected chi connectivity index (χ2v) is 4.98. The molecule has 2 N–H and O–H groups in total. The van der Waals surface area contributed by atoms with Crippen LogP contribution in [0.25, 0.3) is 0 Å². The van der Waals surface area contributed by atoms with Gasteiger partial charge in [-0.15, -0.1) is 0 Å². The summed E-state index contributed by atoms with van der Waals surface area (Å²) in [6.45, 7) is 3.42. The Balaban J connectivity index is 2.64. The molecule has 102 valence electrons. The van der Waals surface area contributed by atoms with Crippen molar-refractivity contribution in [3.63, 3.8) is 0 Å². The number of imide groups is 1. The van der Waals surface area contributed by atoms with Gasteiger partial charge >= 0.3 is 0 Å². The van der Waals surface area contributed by atoms with Gasteiger partial charge in [0.2, 0.25) is 17.7 Å². The number of carbonyl (C=O) groups is 3. The number of nitrogens with zero attached hydrogens (tertiary/aromatic N) is 1. The molecular formula is C12H15N3O4. The number of carbonyl (C=O) groups excluding carboxylic acids is 3. The number of rotatable bonds is 2. The first-order valence-electron chi connectivity index (χ1n) is 6.01. The molecule has 2 heterocycles. The minimum absolute atomic E-state index is 0.419. The van der Waals surface area contributed by atoms with Crippen molar-refractivity contribution in [1.82, 2.24) is 10.6 Å². The average Bonchev–Trinajstić information content (AvgIpc) is 2.74. The summed E-state index contributed by atoms with van der Waals surface area (Å²) >= 11 is 0. The van der Waals surface area contributed by atoms with E-state index in [1.165, 1.54) is 7.11 Å². The number of methoxy groups -OCH3 is 1. The number of ether oxygens (including phenoxy) is 1. The van der Waals surface area contributed by atoms with Gasteiger partial charge in [0.1, 0.15) is 11.6 Å². The number of hydrogen-bond donors (Lipinski definition) is 2. The third kappa shape index (κ3) is 1.37. The van der Waals surface area contributed by atoms with Gasteiger partial charge in [-0.05, 0) is 13.3 Å². The first-order valence-corrected chi connectivity index (χ1v) is 6.01. The summed E-state index contributed by atoms with van der Waals surface area (Å²) < 4.78 is 5.30. The predicted molar refractivity (Wildman–Crippen MR) is 62.0 cm³/mol. The van der Waals surface area contributed by atoms with E-state index < -0.39 is 40.7 Å². The molecule has 0 radical (unpaired) electrons. The third-order valence-corrected chi connectivity index (χ3v) is 4.24. The normalized spacial score (nSPS) is 41.3. The monoisotopic (exact) mass is 265 g/mol. The van der Waals surface area contributed by atoms with Crippen LogP contribution in [0.4, 0.5) is 0 Å². The van der Waals surface area contributed by atoms with E-state index in [1.54, 1.807) is 19.9 Å². The summed E-state index contributed by atoms with van der Waals surface area (Å²) in [6, 6.07) is 1.78. The van der Waals surface area contributed by atoms with E-state index in [0.29, 0.717) is 6.42 Å². The van der Waals surface area contributed by atoms with Gasteiger partial charge in [0.05, 0.1) is 6.07 Å². The molecule has 2 saturated heterocycles. The summed E-state index contributed by atoms with van der Waals surface area (Å²) in [4.78, 5) is 36.2. The standard InChI is InChI=1S/C12H15N3O4/c1-4-7-11(2,19-3)15-10(18)12(7)6(5-13)8(16)14-9(12)17/h6-7H,4H2,1-3H3,(H,15,18)(H,14,16,17). The van der Waals surface area contributed by atoms with Crippen molar-refractivity contribution in [3.8, 4) is 6.07 Å². The Morgan fingerprint density at radius 1 is 1.37 bits per heavy atom. The first-order chi connectivity index (χ1) is 8.88. The molecule has 0 saturated carbocycles. The van der Waals surface area contributed by atoms with Gasteiger partial charge in [-0.1, -0.05) is 6.92 Å². The van der Waals surface area contributed by atoms with Gasteiger partial charge in [-0.25, -0.2) is 0 Å². The molecular weight excluding hydrogens is 250 g/mol. The van der Waals surface area contributed by atoms with Gasteiger partial charge < -0.3 is 10.1 Å². The fraction of sp³-hybridized carbons (Fsp3) is 0.667. The van der Waals surface area contributed by atoms with E-state index in [4.69, 9.17) is 10.00 Å². The summed E-state index contributed by atoms with van der Waals surface area (Å²) in [5.41, 5.74) is -2.76. The molecule has 1 spiro atoms. The van der Waals surface area contributed by atoms with Gasteiger partial charge in [-0.2, -0.15) is 5.26 Å². The molecule has 4 unspecified atom stereocenters. The first kappa shape index (κ1) is 13.5. The summed E-state index contributed by atoms with van der Waals surface area (Å²) in [5.74, 6) is -3.97. The maximum Gasteiger partial charge on any atom is 0.245 e. The van der Waals surface area contributed by atoms with Crippen molar-refractivity contribution < 1.29 is 19.1 Å². The lowest BCUT2D eigenvalue weighted by atomic mass is 9.66. The molecule has 2 aliphatic heterocycles. The Bertz CT molecular complexity index is 512. The van der Waals surface area contributed by atoms with Crippen LogP contribution in [0.5, 0.6) is 0 Å². The van der Waals surface area contributed by atoms with Crippen LogP contribution in [-0.2, 0) is 19.1 Å². The van der Waals surface area contributed by atoms with E-state index in [-0.39, 0.29) is 0 Å². The Morgan fingerprint density at radius 3 is 2.47 bits per heavy atom. The van der Waals surface area contributed by atoms with Gasteiger partial charge in [0.15, 0.2) is 5.41 Å². The van der Waals surface area contributed by atoms with Crippen molar-refractivity contribution in [3.05, 3.63) is 0 Å². The topological polar surface area (TPSA) is 108 Å². The van der Waals surface area contributed by atoms with Crippen molar-refractivity contribution in [2.75, 3.05) is 7.11 Å². The molecule has 4 atom stereocenters. The minimum Gasteiger partial charge on any atom is -0.359 e. The highest BCUT2D eigenvalue weighted by Crippen LogP contribution is 2.51. The molecule has 2 fully saturated rings. The second kappa shape index (κ2) is 4.03. The Hall–Kier alpha value is -1.94. The zero-order valence-electron chi connectivity index (χ0n) is 10.9. The van der Waals surface area contributed by atoms with E-state index in [1.807, 2.05) is 0 Å². The van der Waals surface area contributed by atoms with Gasteiger partial charge in [0.25, 0.3) is 0 Å². The summed E-state index contributed by atoms with van der Waals surface area (Å²) in [7, 11) is 1.41. The van der Waals surface area contributed by atoms with E-state index in [9.17, 15) is 14.4 Å². The number of nitrogens with one attached hydrogen (secondary N) is 2. The third-order valence-electron chi connectivity index (χ3n) is 4.24. The number of nitriles is 1. The zero-order valence-corrected chi connectivity index (χ0v) is 10.9. The van der Waals surface area contributed by atoms with E-state index in [0.717, 1.165) is 0 Å². The molecule has 3 amide bonds. The predicted octanol–water partition coefficient (Wildman–Crippen LogP) is -0.712. The Kier molecular flexibility index (Phi) is 2.86. The van der Waals surface area contributed by atoms with Crippen LogP contribution in [0, 0.1) is 28.6 Å². The van der Waals surface area contributed by atoms with Crippen LogP contribution in [0.3, 0.4) is 0 Å². The smallest absolute Gasteiger partial charge is 0.245 e. The van der Waals surface area contributed by atoms with Crippen molar-refractivity contribution in [2.45, 2.75) is 26.0 Å². The van der Waals surface area contributed by atoms with E-state index in [2.05, 4.69) is 10.6 Å². The highest BCUT2D eigenvalue weighted by atomic mass is 16.5. The van der Waals surface area contributed by atoms with Crippen LogP contribution >= 0.6 is 0 Å². The summed E-state index contributed by atoms with van der Waals surface area (Å²) in [5, 5.41) is 13.9. The lowest BCUT2D eigenvalue weighted by Crippen LogP contribution is -2.48. The van der Waals surface area contributed by atoms with Crippen molar-refractivity contribution in [2.24, 2.45) is 17.3 Å². The molecule has 0 aliphatic carbocycles. The van der Waals surface area contributed by atoms with Gasteiger partial charge in [-0.3, -0.25) is 19.7 Å². The van der Waals surface area contributed by atoms with Crippen LogP contribution in [0.2, 0.25) is 0 Å². The fourth-order valence-electron chi connectivity index (χ4n) is 3.29. The van der Waals surface area contributed by atoms with Crippen LogP contribution in [0.1, 0.15) is 20.3 Å². The maximum absolute atomic E-state index is 12.3. The quantitative estimate of drug-likeness (QED) is 0.506. The maximum atomic E-state index is 12.3. The number of hydrogen-bond acceptors (Lipinski definition) is 5.